The lowest BCUT2D eigenvalue weighted by Gasteiger charge is -2.30. The first kappa shape index (κ1) is 21.1. The van der Waals surface area contributed by atoms with Gasteiger partial charge in [0.15, 0.2) is 0 Å². The van der Waals surface area contributed by atoms with Crippen molar-refractivity contribution in [1.29, 1.82) is 0 Å². The molecule has 166 valence electrons. The van der Waals surface area contributed by atoms with Crippen LogP contribution >= 0.6 is 0 Å². The third kappa shape index (κ3) is 4.19. The van der Waals surface area contributed by atoms with Crippen LogP contribution in [0.2, 0.25) is 0 Å². The van der Waals surface area contributed by atoms with Crippen molar-refractivity contribution in [1.82, 2.24) is 0 Å². The number of anilines is 1. The van der Waals surface area contributed by atoms with Crippen molar-refractivity contribution in [2.24, 2.45) is 11.0 Å². The van der Waals surface area contributed by atoms with E-state index < -0.39 is 0 Å². The first-order valence-corrected chi connectivity index (χ1v) is 11.5. The van der Waals surface area contributed by atoms with Gasteiger partial charge in [0.1, 0.15) is 0 Å². The average molecular weight is 438 g/mol. The Bertz CT molecular complexity index is 1230. The van der Waals surface area contributed by atoms with Crippen LogP contribution in [0.3, 0.4) is 0 Å². The molecule has 0 radical (unpaired) electrons. The number of hydrogen-bond donors (Lipinski definition) is 0. The number of aryl methyl sites for hydroxylation is 2. The lowest BCUT2D eigenvalue weighted by Crippen LogP contribution is -2.28. The Morgan fingerprint density at radius 3 is 2.21 bits per heavy atom. The van der Waals surface area contributed by atoms with Crippen LogP contribution in [0.15, 0.2) is 83.5 Å². The number of hydrazone groups is 1. The highest BCUT2D eigenvalue weighted by atomic mass is 16.6. The predicted molar refractivity (Wildman–Crippen MR) is 133 cm³/mol. The fourth-order valence-corrected chi connectivity index (χ4v) is 4.90. The van der Waals surface area contributed by atoms with Crippen molar-refractivity contribution in [3.63, 3.8) is 0 Å². The van der Waals surface area contributed by atoms with Crippen molar-refractivity contribution in [2.45, 2.75) is 39.2 Å². The molecular weight excluding hydrogens is 410 g/mol. The summed E-state index contributed by atoms with van der Waals surface area (Å²) in [5.41, 5.74) is 8.29. The quantitative estimate of drug-likeness (QED) is 0.326. The number of nitro benzene ring substituents is 1. The molecule has 0 bridgehead atoms. The summed E-state index contributed by atoms with van der Waals surface area (Å²) in [6, 6.07) is 24.1. The second kappa shape index (κ2) is 8.66. The molecule has 1 saturated carbocycles. The van der Waals surface area contributed by atoms with Crippen LogP contribution in [-0.4, -0.2) is 10.6 Å². The SMILES string of the molecule is Cc1ccc(/C=C2/CCC[C@@H]3C2=NN(c2ccc([N+](=O)[O-])cc2)[C@@H]3c2ccc(C)cc2)cc1. The molecule has 0 amide bonds. The van der Waals surface area contributed by atoms with Crippen molar-refractivity contribution in [2.75, 3.05) is 5.01 Å². The van der Waals surface area contributed by atoms with Crippen LogP contribution < -0.4 is 5.01 Å². The minimum atomic E-state index is -0.362. The number of hydrogen-bond acceptors (Lipinski definition) is 4. The molecule has 0 unspecified atom stereocenters. The molecular formula is C28H27N3O2. The summed E-state index contributed by atoms with van der Waals surface area (Å²) >= 11 is 0. The van der Waals surface area contributed by atoms with Gasteiger partial charge in [0.2, 0.25) is 0 Å². The summed E-state index contributed by atoms with van der Waals surface area (Å²) in [4.78, 5) is 10.8. The fraction of sp³-hybridized carbons (Fsp3) is 0.250. The summed E-state index contributed by atoms with van der Waals surface area (Å²) in [6.45, 7) is 4.19. The summed E-state index contributed by atoms with van der Waals surface area (Å²) < 4.78 is 0. The van der Waals surface area contributed by atoms with Crippen LogP contribution in [0.5, 0.6) is 0 Å². The van der Waals surface area contributed by atoms with E-state index in [0.717, 1.165) is 30.7 Å². The van der Waals surface area contributed by atoms with Gasteiger partial charge < -0.3 is 0 Å². The number of benzene rings is 3. The minimum absolute atomic E-state index is 0.0729. The monoisotopic (exact) mass is 437 g/mol. The minimum Gasteiger partial charge on any atom is -0.258 e. The molecule has 5 nitrogen and oxygen atoms in total. The van der Waals surface area contributed by atoms with Crippen LogP contribution in [0.25, 0.3) is 6.08 Å². The Labute approximate surface area is 194 Å². The highest BCUT2D eigenvalue weighted by molar-refractivity contribution is 6.08. The van der Waals surface area contributed by atoms with E-state index in [0.29, 0.717) is 0 Å². The maximum Gasteiger partial charge on any atom is 0.269 e. The van der Waals surface area contributed by atoms with Gasteiger partial charge in [-0.15, -0.1) is 0 Å². The highest BCUT2D eigenvalue weighted by Crippen LogP contribution is 2.46. The summed E-state index contributed by atoms with van der Waals surface area (Å²) in [7, 11) is 0. The zero-order valence-corrected chi connectivity index (χ0v) is 18.9. The molecule has 3 aromatic rings. The maximum atomic E-state index is 11.2. The number of allylic oxidation sites excluding steroid dienone is 1. The Balaban J connectivity index is 1.58. The Kier molecular flexibility index (Phi) is 5.55. The van der Waals surface area contributed by atoms with Crippen molar-refractivity contribution in [3.8, 4) is 0 Å². The Morgan fingerprint density at radius 1 is 0.939 bits per heavy atom. The second-order valence-corrected chi connectivity index (χ2v) is 9.04. The molecule has 5 rings (SSSR count). The molecule has 0 spiro atoms. The van der Waals surface area contributed by atoms with Crippen molar-refractivity contribution >= 4 is 23.2 Å². The number of nitrogens with zero attached hydrogens (tertiary/aromatic N) is 3. The van der Waals surface area contributed by atoms with Gasteiger partial charge in [-0.3, -0.25) is 15.1 Å². The first-order chi connectivity index (χ1) is 16.0. The molecule has 1 fully saturated rings. The van der Waals surface area contributed by atoms with Crippen LogP contribution in [-0.2, 0) is 0 Å². The summed E-state index contributed by atoms with van der Waals surface area (Å²) in [5, 5.41) is 18.4. The molecule has 2 atom stereocenters. The first-order valence-electron chi connectivity index (χ1n) is 11.5. The number of non-ortho nitro benzene ring substituents is 1. The van der Waals surface area contributed by atoms with Gasteiger partial charge >= 0.3 is 0 Å². The lowest BCUT2D eigenvalue weighted by atomic mass is 9.77. The van der Waals surface area contributed by atoms with E-state index in [2.05, 4.69) is 73.5 Å². The second-order valence-electron chi connectivity index (χ2n) is 9.04. The van der Waals surface area contributed by atoms with E-state index in [4.69, 9.17) is 5.10 Å². The van der Waals surface area contributed by atoms with E-state index in [1.165, 1.54) is 27.8 Å². The third-order valence-corrected chi connectivity index (χ3v) is 6.66. The van der Waals surface area contributed by atoms with E-state index in [1.54, 1.807) is 12.1 Å². The fourth-order valence-electron chi connectivity index (χ4n) is 4.90. The van der Waals surface area contributed by atoms with Gasteiger partial charge in [-0.2, -0.15) is 5.10 Å². The largest absolute Gasteiger partial charge is 0.269 e. The molecule has 0 saturated heterocycles. The smallest absolute Gasteiger partial charge is 0.258 e. The van der Waals surface area contributed by atoms with Crippen molar-refractivity contribution in [3.05, 3.63) is 111 Å². The van der Waals surface area contributed by atoms with Gasteiger partial charge in [-0.25, -0.2) is 0 Å². The molecule has 1 aliphatic carbocycles. The molecule has 1 aliphatic heterocycles. The molecule has 1 heterocycles. The van der Waals surface area contributed by atoms with E-state index >= 15 is 0 Å². The molecule has 2 aliphatic rings. The van der Waals surface area contributed by atoms with Gasteiger partial charge in [0.05, 0.1) is 22.4 Å². The van der Waals surface area contributed by atoms with Crippen LogP contribution in [0.1, 0.15) is 47.6 Å². The zero-order valence-electron chi connectivity index (χ0n) is 18.9. The van der Waals surface area contributed by atoms with Crippen LogP contribution in [0, 0.1) is 29.9 Å². The van der Waals surface area contributed by atoms with Gasteiger partial charge in [-0.1, -0.05) is 59.7 Å². The summed E-state index contributed by atoms with van der Waals surface area (Å²) in [6.07, 6.45) is 5.48. The number of nitro groups is 1. The molecule has 0 N–H and O–H groups in total. The topological polar surface area (TPSA) is 58.7 Å². The lowest BCUT2D eigenvalue weighted by molar-refractivity contribution is -0.384. The average Bonchev–Trinajstić information content (AvgIpc) is 3.22. The van der Waals surface area contributed by atoms with Crippen molar-refractivity contribution < 1.29 is 4.92 Å². The van der Waals surface area contributed by atoms with E-state index in [9.17, 15) is 10.1 Å². The Hall–Kier alpha value is -3.73. The van der Waals surface area contributed by atoms with Gasteiger partial charge in [0, 0.05) is 18.1 Å². The normalized spacial score (nSPS) is 21.1. The molecule has 0 aromatic heterocycles. The Morgan fingerprint density at radius 2 is 1.58 bits per heavy atom. The van der Waals surface area contributed by atoms with E-state index in [1.807, 2.05) is 12.1 Å². The molecule has 33 heavy (non-hydrogen) atoms. The summed E-state index contributed by atoms with van der Waals surface area (Å²) in [5.74, 6) is 0.286. The van der Waals surface area contributed by atoms with E-state index in [-0.39, 0.29) is 22.6 Å². The van der Waals surface area contributed by atoms with Crippen LogP contribution in [0.4, 0.5) is 11.4 Å². The molecule has 5 heteroatoms. The third-order valence-electron chi connectivity index (χ3n) is 6.66. The highest BCUT2D eigenvalue weighted by Gasteiger charge is 2.41. The van der Waals surface area contributed by atoms with Gasteiger partial charge in [-0.05, 0) is 68.0 Å². The van der Waals surface area contributed by atoms with Gasteiger partial charge in [0.25, 0.3) is 5.69 Å². The standard InChI is InChI=1S/C28H27N3O2/c1-19-6-10-21(11-7-19)18-23-4-3-5-26-27(23)29-30(24-14-16-25(17-15-24)31(32)33)28(26)22-12-8-20(2)9-13-22/h6-18,26,28H,3-5H2,1-2H3/b23-18-/t26-,28-/m1/s1. The maximum absolute atomic E-state index is 11.2. The molecule has 3 aromatic carbocycles. The zero-order chi connectivity index (χ0) is 22.9. The predicted octanol–water partition coefficient (Wildman–Crippen LogP) is 7.01. The number of fused-ring (bicyclic) bond motifs is 1. The number of rotatable bonds is 4.